The Morgan fingerprint density at radius 2 is 2.24 bits per heavy atom. The topological polar surface area (TPSA) is 63.6 Å². The number of nitrogens with zero attached hydrogens (tertiary/aromatic N) is 2. The molecule has 2 aromatic rings. The van der Waals surface area contributed by atoms with Crippen LogP contribution in [0.3, 0.4) is 0 Å². The number of thiazole rings is 1. The second-order valence-corrected chi connectivity index (χ2v) is 5.15. The third-order valence-corrected chi connectivity index (χ3v) is 3.32. The Balaban J connectivity index is 1.87. The molecule has 5 nitrogen and oxygen atoms in total. The van der Waals surface area contributed by atoms with Gasteiger partial charge < -0.3 is 4.74 Å². The number of hydrazone groups is 1. The van der Waals surface area contributed by atoms with Crippen molar-refractivity contribution < 1.29 is 13.9 Å². The fraction of sp³-hybridized carbons (Fsp3) is 0.214. The van der Waals surface area contributed by atoms with Crippen molar-refractivity contribution in [2.75, 3.05) is 12.0 Å². The number of esters is 1. The average Bonchev–Trinajstić information content (AvgIpc) is 2.89. The molecular formula is C14H14FN3O2S. The zero-order valence-corrected chi connectivity index (χ0v) is 12.2. The van der Waals surface area contributed by atoms with E-state index in [0.717, 1.165) is 10.4 Å². The molecule has 0 radical (unpaired) electrons. The third-order valence-electron chi connectivity index (χ3n) is 2.42. The Labute approximate surface area is 125 Å². The SMILES string of the molecule is CCOC(=O)Cc1cnc(N/N=C/c2ccc(F)cc2)s1. The van der Waals surface area contributed by atoms with Gasteiger partial charge in [0.25, 0.3) is 0 Å². The molecule has 0 atom stereocenters. The molecule has 0 saturated carbocycles. The first-order valence-electron chi connectivity index (χ1n) is 6.32. The van der Waals surface area contributed by atoms with Crippen LogP contribution < -0.4 is 5.43 Å². The van der Waals surface area contributed by atoms with Crippen molar-refractivity contribution >= 4 is 28.7 Å². The first-order chi connectivity index (χ1) is 10.2. The Morgan fingerprint density at radius 1 is 1.48 bits per heavy atom. The van der Waals surface area contributed by atoms with Crippen LogP contribution in [-0.4, -0.2) is 23.8 Å². The number of ether oxygens (including phenoxy) is 1. The molecule has 1 N–H and O–H groups in total. The lowest BCUT2D eigenvalue weighted by atomic mass is 10.2. The van der Waals surface area contributed by atoms with Crippen LogP contribution in [0.15, 0.2) is 35.6 Å². The van der Waals surface area contributed by atoms with Gasteiger partial charge in [0.2, 0.25) is 5.13 Å². The molecule has 0 bridgehead atoms. The summed E-state index contributed by atoms with van der Waals surface area (Å²) >= 11 is 1.33. The Bertz CT molecular complexity index is 625. The van der Waals surface area contributed by atoms with Crippen LogP contribution >= 0.6 is 11.3 Å². The van der Waals surface area contributed by atoms with Gasteiger partial charge >= 0.3 is 5.97 Å². The van der Waals surface area contributed by atoms with E-state index in [4.69, 9.17) is 4.74 Å². The van der Waals surface area contributed by atoms with E-state index in [1.807, 2.05) is 0 Å². The number of carbonyl (C=O) groups excluding carboxylic acids is 1. The molecular weight excluding hydrogens is 293 g/mol. The van der Waals surface area contributed by atoms with Crippen molar-refractivity contribution in [1.29, 1.82) is 0 Å². The summed E-state index contributed by atoms with van der Waals surface area (Å²) in [4.78, 5) is 16.2. The molecule has 21 heavy (non-hydrogen) atoms. The molecule has 0 unspecified atom stereocenters. The monoisotopic (exact) mass is 307 g/mol. The van der Waals surface area contributed by atoms with Crippen LogP contribution in [0.5, 0.6) is 0 Å². The Kier molecular flexibility index (Phi) is 5.39. The summed E-state index contributed by atoms with van der Waals surface area (Å²) in [6.07, 6.45) is 3.37. The predicted octanol–water partition coefficient (Wildman–Crippen LogP) is 2.83. The maximum atomic E-state index is 12.7. The van der Waals surface area contributed by atoms with E-state index in [-0.39, 0.29) is 18.2 Å². The van der Waals surface area contributed by atoms with E-state index in [9.17, 15) is 9.18 Å². The molecule has 2 rings (SSSR count). The molecule has 0 fully saturated rings. The number of aromatic nitrogens is 1. The normalized spacial score (nSPS) is 10.8. The lowest BCUT2D eigenvalue weighted by molar-refractivity contribution is -0.142. The smallest absolute Gasteiger partial charge is 0.311 e. The van der Waals surface area contributed by atoms with E-state index in [0.29, 0.717) is 11.7 Å². The van der Waals surface area contributed by atoms with Gasteiger partial charge in [-0.3, -0.25) is 10.2 Å². The maximum Gasteiger partial charge on any atom is 0.311 e. The molecule has 1 aromatic heterocycles. The van der Waals surface area contributed by atoms with Crippen molar-refractivity contribution in [3.63, 3.8) is 0 Å². The highest BCUT2D eigenvalue weighted by Gasteiger charge is 2.07. The molecule has 7 heteroatoms. The van der Waals surface area contributed by atoms with Crippen molar-refractivity contribution in [2.24, 2.45) is 5.10 Å². The number of anilines is 1. The summed E-state index contributed by atoms with van der Waals surface area (Å²) in [5.41, 5.74) is 3.53. The Morgan fingerprint density at radius 3 is 2.95 bits per heavy atom. The van der Waals surface area contributed by atoms with Crippen LogP contribution in [0, 0.1) is 5.82 Å². The molecule has 0 spiro atoms. The van der Waals surface area contributed by atoms with Gasteiger partial charge in [-0.1, -0.05) is 23.5 Å². The number of benzene rings is 1. The van der Waals surface area contributed by atoms with E-state index in [1.165, 1.54) is 23.5 Å². The summed E-state index contributed by atoms with van der Waals surface area (Å²) < 4.78 is 17.6. The highest BCUT2D eigenvalue weighted by atomic mass is 32.1. The molecule has 0 saturated heterocycles. The fourth-order valence-electron chi connectivity index (χ4n) is 1.51. The number of carbonyl (C=O) groups is 1. The minimum absolute atomic E-state index is 0.203. The van der Waals surface area contributed by atoms with Crippen molar-refractivity contribution in [1.82, 2.24) is 4.98 Å². The number of nitrogens with one attached hydrogen (secondary N) is 1. The van der Waals surface area contributed by atoms with Crippen molar-refractivity contribution in [2.45, 2.75) is 13.3 Å². The van der Waals surface area contributed by atoms with Gasteiger partial charge in [0.1, 0.15) is 5.82 Å². The third kappa shape index (κ3) is 4.96. The fourth-order valence-corrected chi connectivity index (χ4v) is 2.25. The second kappa shape index (κ2) is 7.49. The van der Waals surface area contributed by atoms with E-state index in [1.54, 1.807) is 31.5 Å². The summed E-state index contributed by atoms with van der Waals surface area (Å²) in [5, 5.41) is 4.58. The van der Waals surface area contributed by atoms with Crippen LogP contribution in [0.2, 0.25) is 0 Å². The van der Waals surface area contributed by atoms with Gasteiger partial charge in [0, 0.05) is 11.1 Å². The van der Waals surface area contributed by atoms with Gasteiger partial charge in [-0.25, -0.2) is 9.37 Å². The van der Waals surface area contributed by atoms with Crippen molar-refractivity contribution in [3.8, 4) is 0 Å². The summed E-state index contributed by atoms with van der Waals surface area (Å²) in [5.74, 6) is -0.564. The standard InChI is InChI=1S/C14H14FN3O2S/c1-2-20-13(19)7-12-9-16-14(21-12)18-17-8-10-3-5-11(15)6-4-10/h3-6,8-9H,2,7H2,1H3,(H,16,18)/b17-8+. The molecule has 110 valence electrons. The van der Waals surface area contributed by atoms with E-state index < -0.39 is 0 Å². The lowest BCUT2D eigenvalue weighted by Gasteiger charge is -1.97. The zero-order valence-electron chi connectivity index (χ0n) is 11.4. The molecule has 1 heterocycles. The number of rotatable bonds is 6. The molecule has 0 aliphatic rings. The summed E-state index contributed by atoms with van der Waals surface area (Å²) in [7, 11) is 0. The van der Waals surface area contributed by atoms with Gasteiger partial charge in [0.15, 0.2) is 0 Å². The predicted molar refractivity (Wildman–Crippen MR) is 80.1 cm³/mol. The molecule has 0 amide bonds. The summed E-state index contributed by atoms with van der Waals surface area (Å²) in [6.45, 7) is 2.13. The molecule has 0 aliphatic carbocycles. The van der Waals surface area contributed by atoms with Crippen LogP contribution in [0.4, 0.5) is 9.52 Å². The lowest BCUT2D eigenvalue weighted by Crippen LogP contribution is -2.06. The van der Waals surface area contributed by atoms with Gasteiger partial charge in [-0.05, 0) is 24.6 Å². The van der Waals surface area contributed by atoms with E-state index >= 15 is 0 Å². The molecule has 1 aromatic carbocycles. The van der Waals surface area contributed by atoms with Gasteiger partial charge in [-0.2, -0.15) is 5.10 Å². The van der Waals surface area contributed by atoms with E-state index in [2.05, 4.69) is 15.5 Å². The van der Waals surface area contributed by atoms with Crippen LogP contribution in [0.25, 0.3) is 0 Å². The highest BCUT2D eigenvalue weighted by Crippen LogP contribution is 2.18. The van der Waals surface area contributed by atoms with Crippen LogP contribution in [-0.2, 0) is 16.0 Å². The maximum absolute atomic E-state index is 12.7. The number of hydrogen-bond acceptors (Lipinski definition) is 6. The van der Waals surface area contributed by atoms with Gasteiger partial charge in [-0.15, -0.1) is 0 Å². The highest BCUT2D eigenvalue weighted by molar-refractivity contribution is 7.15. The second-order valence-electron chi connectivity index (χ2n) is 4.04. The zero-order chi connectivity index (χ0) is 15.1. The van der Waals surface area contributed by atoms with Crippen molar-refractivity contribution in [3.05, 3.63) is 46.7 Å². The van der Waals surface area contributed by atoms with Crippen LogP contribution in [0.1, 0.15) is 17.4 Å². The molecule has 0 aliphatic heterocycles. The minimum Gasteiger partial charge on any atom is -0.466 e. The number of halogens is 1. The first kappa shape index (κ1) is 15.1. The largest absolute Gasteiger partial charge is 0.466 e. The Hall–Kier alpha value is -2.28. The number of hydrogen-bond donors (Lipinski definition) is 1. The summed E-state index contributed by atoms with van der Waals surface area (Å²) in [6, 6.07) is 5.97. The minimum atomic E-state index is -0.288. The quantitative estimate of drug-likeness (QED) is 0.506. The first-order valence-corrected chi connectivity index (χ1v) is 7.14. The van der Waals surface area contributed by atoms with Gasteiger partial charge in [0.05, 0.1) is 19.2 Å². The average molecular weight is 307 g/mol.